The molecule has 156 valence electrons. The molecule has 0 bridgehead atoms. The molecule has 1 aliphatic heterocycles. The number of esters is 2. The zero-order valence-corrected chi connectivity index (χ0v) is 17.5. The number of dihydropyridines is 1. The maximum atomic E-state index is 13.4. The Morgan fingerprint density at radius 3 is 2.59 bits per heavy atom. The van der Waals surface area contributed by atoms with Crippen LogP contribution in [0.25, 0.3) is 0 Å². The van der Waals surface area contributed by atoms with Crippen molar-refractivity contribution in [1.82, 2.24) is 5.32 Å². The van der Waals surface area contributed by atoms with Gasteiger partial charge in [-0.2, -0.15) is 0 Å². The van der Waals surface area contributed by atoms with Gasteiger partial charge in [0.05, 0.1) is 25.2 Å². The second-order valence-electron chi connectivity index (χ2n) is 7.62. The van der Waals surface area contributed by atoms with Crippen LogP contribution in [0.3, 0.4) is 0 Å². The lowest BCUT2D eigenvalue weighted by atomic mass is 9.70. The monoisotopic (exact) mass is 401 g/mol. The maximum Gasteiger partial charge on any atom is 0.336 e. The number of carbonyl (C=O) groups excluding carboxylic acids is 3. The molecule has 3 atom stereocenters. The van der Waals surface area contributed by atoms with Crippen LogP contribution in [0, 0.1) is 18.8 Å². The lowest BCUT2D eigenvalue weighted by Crippen LogP contribution is -2.43. The summed E-state index contributed by atoms with van der Waals surface area (Å²) in [5.41, 5.74) is 2.05. The molecular weight excluding hydrogens is 374 g/mol. The fraction of sp³-hybridized carbons (Fsp3) is 0.500. The summed E-state index contributed by atoms with van der Waals surface area (Å²) >= 11 is 0. The third-order valence-electron chi connectivity index (χ3n) is 5.45. The van der Waals surface area contributed by atoms with E-state index in [1.807, 2.05) is 13.8 Å². The molecule has 1 aromatic heterocycles. The van der Waals surface area contributed by atoms with E-state index in [0.29, 0.717) is 46.9 Å². The molecule has 7 nitrogen and oxygen atoms in total. The third-order valence-corrected chi connectivity index (χ3v) is 5.45. The molecule has 0 saturated heterocycles. The number of hydrogen-bond donors (Lipinski definition) is 1. The molecule has 0 unspecified atom stereocenters. The number of aryl methyl sites for hydroxylation is 1. The highest BCUT2D eigenvalue weighted by molar-refractivity contribution is 6.12. The SMILES string of the molecule is CCCOC(=O)C1=C(C)NC2=C(C(=O)[C@@H](C(=O)OC)[C@H](C)C2)[C@@H]1c1ccc(C)o1. The Labute approximate surface area is 170 Å². The lowest BCUT2D eigenvalue weighted by Gasteiger charge is -2.37. The molecule has 1 N–H and O–H groups in total. The minimum absolute atomic E-state index is 0.221. The average molecular weight is 401 g/mol. The lowest BCUT2D eigenvalue weighted by molar-refractivity contribution is -0.151. The van der Waals surface area contributed by atoms with E-state index in [1.54, 1.807) is 26.0 Å². The predicted octanol–water partition coefficient (Wildman–Crippen LogP) is 3.15. The first-order valence-electron chi connectivity index (χ1n) is 9.86. The number of carbonyl (C=O) groups is 3. The average Bonchev–Trinajstić information content (AvgIpc) is 3.10. The van der Waals surface area contributed by atoms with Crippen molar-refractivity contribution in [3.63, 3.8) is 0 Å². The number of rotatable bonds is 5. The van der Waals surface area contributed by atoms with Gasteiger partial charge in [0.2, 0.25) is 0 Å². The molecule has 1 aromatic rings. The van der Waals surface area contributed by atoms with E-state index in [4.69, 9.17) is 13.9 Å². The van der Waals surface area contributed by atoms with Crippen molar-refractivity contribution < 1.29 is 28.3 Å². The van der Waals surface area contributed by atoms with Crippen LogP contribution < -0.4 is 5.32 Å². The summed E-state index contributed by atoms with van der Waals surface area (Å²) < 4.78 is 16.1. The molecule has 3 rings (SSSR count). The molecule has 0 spiro atoms. The Kier molecular flexibility index (Phi) is 5.96. The van der Waals surface area contributed by atoms with Gasteiger partial charge in [0, 0.05) is 17.0 Å². The van der Waals surface area contributed by atoms with E-state index in [2.05, 4.69) is 5.32 Å². The molecule has 0 saturated carbocycles. The standard InChI is InChI=1S/C22H27NO6/c1-6-9-28-22(26)17-13(4)23-14-10-11(2)16(21(25)27-5)20(24)18(14)19(17)15-8-7-12(3)29-15/h7-8,11,16,19,23H,6,9-10H2,1-5H3/t11-,16+,19-/m1/s1. The predicted molar refractivity (Wildman–Crippen MR) is 105 cm³/mol. The van der Waals surface area contributed by atoms with E-state index in [-0.39, 0.29) is 18.3 Å². The van der Waals surface area contributed by atoms with Gasteiger partial charge >= 0.3 is 11.9 Å². The first-order valence-corrected chi connectivity index (χ1v) is 9.86. The van der Waals surface area contributed by atoms with Gasteiger partial charge in [0.15, 0.2) is 5.78 Å². The molecule has 0 radical (unpaired) electrons. The minimum Gasteiger partial charge on any atom is -0.468 e. The molecule has 0 aromatic carbocycles. The Morgan fingerprint density at radius 1 is 1.28 bits per heavy atom. The van der Waals surface area contributed by atoms with Crippen LogP contribution >= 0.6 is 0 Å². The van der Waals surface area contributed by atoms with Gasteiger partial charge < -0.3 is 19.2 Å². The number of allylic oxidation sites excluding steroid dienone is 3. The maximum absolute atomic E-state index is 13.4. The van der Waals surface area contributed by atoms with E-state index < -0.39 is 23.8 Å². The highest BCUT2D eigenvalue weighted by atomic mass is 16.5. The summed E-state index contributed by atoms with van der Waals surface area (Å²) in [7, 11) is 1.27. The molecule has 7 heteroatoms. The molecule has 29 heavy (non-hydrogen) atoms. The normalized spacial score (nSPS) is 24.2. The van der Waals surface area contributed by atoms with Crippen LogP contribution in [0.4, 0.5) is 0 Å². The van der Waals surface area contributed by atoms with Gasteiger partial charge in [0.25, 0.3) is 0 Å². The summed E-state index contributed by atoms with van der Waals surface area (Å²) in [6.45, 7) is 7.63. The smallest absolute Gasteiger partial charge is 0.336 e. The zero-order valence-electron chi connectivity index (χ0n) is 17.5. The quantitative estimate of drug-likeness (QED) is 0.598. The van der Waals surface area contributed by atoms with Crippen LogP contribution in [-0.2, 0) is 23.9 Å². The number of furan rings is 1. The van der Waals surface area contributed by atoms with Crippen molar-refractivity contribution in [3.05, 3.63) is 46.2 Å². The number of hydrogen-bond acceptors (Lipinski definition) is 7. The third kappa shape index (κ3) is 3.73. The largest absolute Gasteiger partial charge is 0.468 e. The van der Waals surface area contributed by atoms with Crippen molar-refractivity contribution in [1.29, 1.82) is 0 Å². The van der Waals surface area contributed by atoms with E-state index >= 15 is 0 Å². The fourth-order valence-electron chi connectivity index (χ4n) is 4.12. The summed E-state index contributed by atoms with van der Waals surface area (Å²) in [4.78, 5) is 38.6. The van der Waals surface area contributed by atoms with Gasteiger partial charge in [-0.3, -0.25) is 9.59 Å². The molecule has 2 heterocycles. The zero-order chi connectivity index (χ0) is 21.3. The first kappa shape index (κ1) is 20.9. The van der Waals surface area contributed by atoms with E-state index in [9.17, 15) is 14.4 Å². The molecule has 2 aliphatic rings. The van der Waals surface area contributed by atoms with Crippen molar-refractivity contribution >= 4 is 17.7 Å². The highest BCUT2D eigenvalue weighted by Gasteiger charge is 2.48. The highest BCUT2D eigenvalue weighted by Crippen LogP contribution is 2.45. The van der Waals surface area contributed by atoms with Crippen molar-refractivity contribution in [2.75, 3.05) is 13.7 Å². The van der Waals surface area contributed by atoms with Crippen LogP contribution in [0.15, 0.2) is 39.1 Å². The Balaban J connectivity index is 2.13. The second kappa shape index (κ2) is 8.27. The fourth-order valence-corrected chi connectivity index (χ4v) is 4.12. The van der Waals surface area contributed by atoms with Gasteiger partial charge in [-0.05, 0) is 44.7 Å². The summed E-state index contributed by atoms with van der Waals surface area (Å²) in [6, 6.07) is 3.55. The first-order chi connectivity index (χ1) is 13.8. The van der Waals surface area contributed by atoms with E-state index in [1.165, 1.54) is 7.11 Å². The number of methoxy groups -OCH3 is 1. The van der Waals surface area contributed by atoms with Gasteiger partial charge in [-0.1, -0.05) is 13.8 Å². The van der Waals surface area contributed by atoms with Crippen molar-refractivity contribution in [3.8, 4) is 0 Å². The Bertz CT molecular complexity index is 906. The topological polar surface area (TPSA) is 94.8 Å². The number of ether oxygens (including phenoxy) is 2. The van der Waals surface area contributed by atoms with Crippen molar-refractivity contribution in [2.24, 2.45) is 11.8 Å². The summed E-state index contributed by atoms with van der Waals surface area (Å²) in [6.07, 6.45) is 1.18. The minimum atomic E-state index is -0.912. The van der Waals surface area contributed by atoms with Crippen molar-refractivity contribution in [2.45, 2.75) is 46.5 Å². The van der Waals surface area contributed by atoms with Gasteiger partial charge in [-0.15, -0.1) is 0 Å². The number of nitrogens with one attached hydrogen (secondary N) is 1. The molecule has 0 amide bonds. The van der Waals surface area contributed by atoms with Crippen LogP contribution in [-0.4, -0.2) is 31.4 Å². The molecular formula is C22H27NO6. The summed E-state index contributed by atoms with van der Waals surface area (Å²) in [5.74, 6) is -2.12. The Hall–Kier alpha value is -2.83. The van der Waals surface area contributed by atoms with Gasteiger partial charge in [-0.25, -0.2) is 4.79 Å². The van der Waals surface area contributed by atoms with Crippen LogP contribution in [0.5, 0.6) is 0 Å². The molecule has 1 aliphatic carbocycles. The Morgan fingerprint density at radius 2 is 2.00 bits per heavy atom. The number of Topliss-reactive ketones (excluding diaryl/α,β-unsaturated/α-hetero) is 1. The van der Waals surface area contributed by atoms with Crippen LogP contribution in [0.2, 0.25) is 0 Å². The van der Waals surface area contributed by atoms with Gasteiger partial charge in [0.1, 0.15) is 17.4 Å². The second-order valence-corrected chi connectivity index (χ2v) is 7.62. The van der Waals surface area contributed by atoms with Crippen LogP contribution in [0.1, 0.15) is 51.1 Å². The number of ketones is 1. The van der Waals surface area contributed by atoms with E-state index in [0.717, 1.165) is 0 Å². The molecule has 0 fully saturated rings. The summed E-state index contributed by atoms with van der Waals surface area (Å²) in [5, 5.41) is 3.21.